The molecule has 0 saturated carbocycles. The van der Waals surface area contributed by atoms with Crippen molar-refractivity contribution < 1.29 is 9.18 Å². The highest BCUT2D eigenvalue weighted by atomic mass is 35.5. The first-order valence-corrected chi connectivity index (χ1v) is 7.83. The summed E-state index contributed by atoms with van der Waals surface area (Å²) in [6.07, 6.45) is 2.52. The zero-order chi connectivity index (χ0) is 16.6. The van der Waals surface area contributed by atoms with Crippen LogP contribution in [0.25, 0.3) is 5.69 Å². The van der Waals surface area contributed by atoms with E-state index in [1.54, 1.807) is 23.0 Å². The van der Waals surface area contributed by atoms with Crippen LogP contribution in [0.3, 0.4) is 0 Å². The molecule has 2 heterocycles. The number of halogens is 2. The second kappa shape index (κ2) is 7.32. The predicted molar refractivity (Wildman–Crippen MR) is 93.2 cm³/mol. The van der Waals surface area contributed by atoms with Crippen molar-refractivity contribution in [3.8, 4) is 5.69 Å². The van der Waals surface area contributed by atoms with Crippen LogP contribution in [0.2, 0.25) is 0 Å². The fraction of sp³-hybridized carbons (Fsp3) is 0.412. The smallest absolute Gasteiger partial charge is 0.257 e. The number of hydrogen-bond acceptors (Lipinski definition) is 3. The first kappa shape index (κ1) is 18.4. The average Bonchev–Trinajstić information content (AvgIpc) is 3.10. The molecule has 1 fully saturated rings. The van der Waals surface area contributed by atoms with E-state index in [1.807, 2.05) is 18.7 Å². The van der Waals surface area contributed by atoms with Crippen molar-refractivity contribution in [2.24, 2.45) is 11.7 Å². The minimum absolute atomic E-state index is 0. The van der Waals surface area contributed by atoms with Gasteiger partial charge in [0.1, 0.15) is 5.82 Å². The summed E-state index contributed by atoms with van der Waals surface area (Å²) in [6, 6.07) is 6.24. The third-order valence-electron chi connectivity index (χ3n) is 4.57. The van der Waals surface area contributed by atoms with Gasteiger partial charge < -0.3 is 10.6 Å². The van der Waals surface area contributed by atoms with Gasteiger partial charge in [-0.05, 0) is 57.0 Å². The van der Waals surface area contributed by atoms with Crippen LogP contribution in [-0.2, 0) is 0 Å². The minimum Gasteiger partial charge on any atom is -0.335 e. The van der Waals surface area contributed by atoms with Gasteiger partial charge in [-0.2, -0.15) is 5.10 Å². The molecule has 1 aromatic heterocycles. The SMILES string of the molecule is Cc1c(C(=O)N2CC(CN)CC2C)cnn1-c1ccc(F)cc1.Cl. The largest absolute Gasteiger partial charge is 0.335 e. The lowest BCUT2D eigenvalue weighted by Gasteiger charge is -2.21. The van der Waals surface area contributed by atoms with Gasteiger partial charge in [-0.1, -0.05) is 0 Å². The summed E-state index contributed by atoms with van der Waals surface area (Å²) in [5, 5.41) is 4.29. The van der Waals surface area contributed by atoms with Crippen LogP contribution in [0.5, 0.6) is 0 Å². The Labute approximate surface area is 147 Å². The summed E-state index contributed by atoms with van der Waals surface area (Å²) in [5.74, 6) is 0.0503. The molecule has 2 N–H and O–H groups in total. The topological polar surface area (TPSA) is 64.2 Å². The molecule has 1 aliphatic rings. The summed E-state index contributed by atoms with van der Waals surface area (Å²) < 4.78 is 14.7. The van der Waals surface area contributed by atoms with Gasteiger partial charge in [-0.15, -0.1) is 12.4 Å². The van der Waals surface area contributed by atoms with E-state index in [-0.39, 0.29) is 30.2 Å². The monoisotopic (exact) mass is 352 g/mol. The highest BCUT2D eigenvalue weighted by Gasteiger charge is 2.33. The molecule has 0 bridgehead atoms. The summed E-state index contributed by atoms with van der Waals surface area (Å²) in [5.41, 5.74) is 7.80. The van der Waals surface area contributed by atoms with E-state index in [0.29, 0.717) is 24.6 Å². The number of amides is 1. The fourth-order valence-electron chi connectivity index (χ4n) is 3.21. The van der Waals surface area contributed by atoms with Gasteiger partial charge in [0.25, 0.3) is 5.91 Å². The summed E-state index contributed by atoms with van der Waals surface area (Å²) in [4.78, 5) is 14.7. The Morgan fingerprint density at radius 1 is 1.38 bits per heavy atom. The molecule has 0 spiro atoms. The third kappa shape index (κ3) is 3.30. The molecule has 1 saturated heterocycles. The predicted octanol–water partition coefficient (Wildman–Crippen LogP) is 2.55. The van der Waals surface area contributed by atoms with Crippen molar-refractivity contribution >= 4 is 18.3 Å². The van der Waals surface area contributed by atoms with Gasteiger partial charge >= 0.3 is 0 Å². The van der Waals surface area contributed by atoms with Crippen molar-refractivity contribution in [1.82, 2.24) is 14.7 Å². The number of likely N-dealkylation sites (tertiary alicyclic amines) is 1. The number of rotatable bonds is 3. The molecule has 1 aliphatic heterocycles. The van der Waals surface area contributed by atoms with Crippen LogP contribution >= 0.6 is 12.4 Å². The Hall–Kier alpha value is -1.92. The average molecular weight is 353 g/mol. The van der Waals surface area contributed by atoms with Gasteiger partial charge in [-0.25, -0.2) is 9.07 Å². The van der Waals surface area contributed by atoms with Crippen LogP contribution in [0.15, 0.2) is 30.5 Å². The Bertz CT molecular complexity index is 716. The number of aromatic nitrogens is 2. The fourth-order valence-corrected chi connectivity index (χ4v) is 3.21. The maximum atomic E-state index is 13.1. The van der Waals surface area contributed by atoms with Crippen molar-refractivity contribution in [2.75, 3.05) is 13.1 Å². The van der Waals surface area contributed by atoms with Gasteiger partial charge in [-0.3, -0.25) is 4.79 Å². The van der Waals surface area contributed by atoms with E-state index >= 15 is 0 Å². The highest BCUT2D eigenvalue weighted by Crippen LogP contribution is 2.25. The van der Waals surface area contributed by atoms with Gasteiger partial charge in [0.05, 0.1) is 23.1 Å². The van der Waals surface area contributed by atoms with E-state index in [1.165, 1.54) is 12.1 Å². The van der Waals surface area contributed by atoms with E-state index < -0.39 is 0 Å². The summed E-state index contributed by atoms with van der Waals surface area (Å²) in [7, 11) is 0. The van der Waals surface area contributed by atoms with Crippen molar-refractivity contribution in [2.45, 2.75) is 26.3 Å². The van der Waals surface area contributed by atoms with E-state index in [4.69, 9.17) is 5.73 Å². The molecular weight excluding hydrogens is 331 g/mol. The van der Waals surface area contributed by atoms with E-state index in [9.17, 15) is 9.18 Å². The Kier molecular flexibility index (Phi) is 5.62. The molecule has 0 aliphatic carbocycles. The molecule has 7 heteroatoms. The van der Waals surface area contributed by atoms with Gasteiger partial charge in [0.2, 0.25) is 0 Å². The molecular formula is C17H22ClFN4O. The normalized spacial score (nSPS) is 20.1. The van der Waals surface area contributed by atoms with Crippen LogP contribution in [0.1, 0.15) is 29.4 Å². The standard InChI is InChI=1S/C17H21FN4O.ClH/c1-11-7-13(8-19)10-21(11)17(23)16-9-20-22(12(16)2)15-5-3-14(18)4-6-15;/h3-6,9,11,13H,7-8,10,19H2,1-2H3;1H. The maximum absolute atomic E-state index is 13.1. The number of carbonyl (C=O) groups excluding carboxylic acids is 1. The third-order valence-corrected chi connectivity index (χ3v) is 4.57. The summed E-state index contributed by atoms with van der Waals surface area (Å²) in [6.45, 7) is 5.19. The van der Waals surface area contributed by atoms with Crippen LogP contribution in [-0.4, -0.2) is 39.7 Å². The molecule has 1 aromatic carbocycles. The maximum Gasteiger partial charge on any atom is 0.257 e. The molecule has 2 unspecified atom stereocenters. The molecule has 130 valence electrons. The van der Waals surface area contributed by atoms with Crippen molar-refractivity contribution in [3.05, 3.63) is 47.5 Å². The second-order valence-electron chi connectivity index (χ2n) is 6.18. The zero-order valence-corrected chi connectivity index (χ0v) is 14.6. The molecule has 2 aromatic rings. The highest BCUT2D eigenvalue weighted by molar-refractivity contribution is 5.95. The molecule has 1 amide bonds. The molecule has 2 atom stereocenters. The van der Waals surface area contributed by atoms with Crippen molar-refractivity contribution in [3.63, 3.8) is 0 Å². The lowest BCUT2D eigenvalue weighted by Crippen LogP contribution is -2.34. The molecule has 3 rings (SSSR count). The number of nitrogens with zero attached hydrogens (tertiary/aromatic N) is 3. The second-order valence-corrected chi connectivity index (χ2v) is 6.18. The number of benzene rings is 1. The Morgan fingerprint density at radius 2 is 2.04 bits per heavy atom. The minimum atomic E-state index is -0.298. The van der Waals surface area contributed by atoms with Gasteiger partial charge in [0.15, 0.2) is 0 Å². The van der Waals surface area contributed by atoms with Crippen LogP contribution < -0.4 is 5.73 Å². The van der Waals surface area contributed by atoms with Crippen LogP contribution in [0, 0.1) is 18.7 Å². The lowest BCUT2D eigenvalue weighted by atomic mass is 10.1. The van der Waals surface area contributed by atoms with E-state index in [2.05, 4.69) is 5.10 Å². The summed E-state index contributed by atoms with van der Waals surface area (Å²) >= 11 is 0. The van der Waals surface area contributed by atoms with Crippen LogP contribution in [0.4, 0.5) is 4.39 Å². The molecule has 5 nitrogen and oxygen atoms in total. The zero-order valence-electron chi connectivity index (χ0n) is 13.8. The lowest BCUT2D eigenvalue weighted by molar-refractivity contribution is 0.0742. The number of carbonyl (C=O) groups is 1. The quantitative estimate of drug-likeness (QED) is 0.923. The van der Waals surface area contributed by atoms with Gasteiger partial charge in [0, 0.05) is 12.6 Å². The Morgan fingerprint density at radius 3 is 2.62 bits per heavy atom. The molecule has 24 heavy (non-hydrogen) atoms. The molecule has 0 radical (unpaired) electrons. The first-order chi connectivity index (χ1) is 11.0. The van der Waals surface area contributed by atoms with Crippen molar-refractivity contribution in [1.29, 1.82) is 0 Å². The van der Waals surface area contributed by atoms with E-state index in [0.717, 1.165) is 17.8 Å². The Balaban J connectivity index is 0.00000208. The number of hydrogen-bond donors (Lipinski definition) is 1. The first-order valence-electron chi connectivity index (χ1n) is 7.83. The number of nitrogens with two attached hydrogens (primary N) is 1.